The van der Waals surface area contributed by atoms with Gasteiger partial charge in [-0.1, -0.05) is 19.1 Å². The highest BCUT2D eigenvalue weighted by molar-refractivity contribution is 5.78. The molecule has 1 aromatic carbocycles. The lowest BCUT2D eigenvalue weighted by Gasteiger charge is -2.37. The molecule has 0 aliphatic carbocycles. The molecular weight excluding hydrogens is 326 g/mol. The SMILES string of the molecule is CCOc1ccc(C2(CN=C(N)N3CCCC(C)C3)CCOCC2)cc1. The van der Waals surface area contributed by atoms with Gasteiger partial charge in [0.25, 0.3) is 0 Å². The van der Waals surface area contributed by atoms with Crippen molar-refractivity contribution in [2.45, 2.75) is 44.9 Å². The second-order valence-corrected chi connectivity index (χ2v) is 7.72. The molecule has 1 unspecified atom stereocenters. The van der Waals surface area contributed by atoms with Crippen LogP contribution in [-0.2, 0) is 10.2 Å². The molecule has 144 valence electrons. The summed E-state index contributed by atoms with van der Waals surface area (Å²) in [6.45, 7) is 9.32. The predicted molar refractivity (Wildman–Crippen MR) is 106 cm³/mol. The predicted octanol–water partition coefficient (Wildman–Crippen LogP) is 3.18. The molecule has 2 saturated heterocycles. The fourth-order valence-corrected chi connectivity index (χ4v) is 4.10. The first-order valence-electron chi connectivity index (χ1n) is 9.99. The highest BCUT2D eigenvalue weighted by Crippen LogP contribution is 2.36. The van der Waals surface area contributed by atoms with Gasteiger partial charge in [0.1, 0.15) is 5.75 Å². The van der Waals surface area contributed by atoms with Crippen LogP contribution in [0.1, 0.15) is 45.1 Å². The number of nitrogens with zero attached hydrogens (tertiary/aromatic N) is 2. The molecule has 0 bridgehead atoms. The van der Waals surface area contributed by atoms with Crippen molar-refractivity contribution in [1.82, 2.24) is 4.90 Å². The van der Waals surface area contributed by atoms with Gasteiger partial charge in [-0.2, -0.15) is 0 Å². The average Bonchev–Trinajstić information content (AvgIpc) is 2.68. The molecule has 26 heavy (non-hydrogen) atoms. The van der Waals surface area contributed by atoms with E-state index < -0.39 is 0 Å². The van der Waals surface area contributed by atoms with Gasteiger partial charge < -0.3 is 20.1 Å². The Balaban J connectivity index is 1.75. The van der Waals surface area contributed by atoms with Crippen LogP contribution in [0, 0.1) is 5.92 Å². The lowest BCUT2D eigenvalue weighted by molar-refractivity contribution is 0.0530. The zero-order chi connectivity index (χ0) is 18.4. The van der Waals surface area contributed by atoms with E-state index in [1.54, 1.807) is 0 Å². The molecule has 2 heterocycles. The molecule has 2 fully saturated rings. The number of piperidine rings is 1. The van der Waals surface area contributed by atoms with Crippen LogP contribution in [0.15, 0.2) is 29.3 Å². The number of hydrogen-bond donors (Lipinski definition) is 1. The van der Waals surface area contributed by atoms with E-state index in [2.05, 4.69) is 36.1 Å². The van der Waals surface area contributed by atoms with E-state index in [-0.39, 0.29) is 5.41 Å². The summed E-state index contributed by atoms with van der Waals surface area (Å²) in [5.41, 5.74) is 7.67. The number of nitrogens with two attached hydrogens (primary N) is 1. The number of likely N-dealkylation sites (tertiary alicyclic amines) is 1. The van der Waals surface area contributed by atoms with Gasteiger partial charge in [0, 0.05) is 31.7 Å². The first kappa shape index (κ1) is 19.0. The summed E-state index contributed by atoms with van der Waals surface area (Å²) in [5, 5.41) is 0. The summed E-state index contributed by atoms with van der Waals surface area (Å²) in [5.74, 6) is 2.32. The quantitative estimate of drug-likeness (QED) is 0.648. The normalized spacial score (nSPS) is 23.7. The van der Waals surface area contributed by atoms with Crippen LogP contribution < -0.4 is 10.5 Å². The van der Waals surface area contributed by atoms with E-state index in [0.717, 1.165) is 51.4 Å². The monoisotopic (exact) mass is 359 g/mol. The van der Waals surface area contributed by atoms with Crippen molar-refractivity contribution in [3.63, 3.8) is 0 Å². The second-order valence-electron chi connectivity index (χ2n) is 7.72. The summed E-state index contributed by atoms with van der Waals surface area (Å²) < 4.78 is 11.2. The topological polar surface area (TPSA) is 60.1 Å². The van der Waals surface area contributed by atoms with Crippen molar-refractivity contribution in [2.24, 2.45) is 16.6 Å². The maximum atomic E-state index is 6.35. The fourth-order valence-electron chi connectivity index (χ4n) is 4.10. The molecule has 0 aromatic heterocycles. The molecule has 0 amide bonds. The third-order valence-corrected chi connectivity index (χ3v) is 5.75. The van der Waals surface area contributed by atoms with Gasteiger partial charge in [-0.15, -0.1) is 0 Å². The summed E-state index contributed by atoms with van der Waals surface area (Å²) >= 11 is 0. The Bertz CT molecular complexity index is 594. The third-order valence-electron chi connectivity index (χ3n) is 5.75. The molecule has 1 atom stereocenters. The third kappa shape index (κ3) is 4.50. The van der Waals surface area contributed by atoms with E-state index in [1.807, 2.05) is 6.92 Å². The minimum atomic E-state index is 0.00895. The number of hydrogen-bond acceptors (Lipinski definition) is 3. The smallest absolute Gasteiger partial charge is 0.191 e. The van der Waals surface area contributed by atoms with E-state index >= 15 is 0 Å². The van der Waals surface area contributed by atoms with Gasteiger partial charge in [-0.3, -0.25) is 4.99 Å². The Hall–Kier alpha value is -1.75. The highest BCUT2D eigenvalue weighted by Gasteiger charge is 2.34. The number of guanidine groups is 1. The fraction of sp³-hybridized carbons (Fsp3) is 0.667. The van der Waals surface area contributed by atoms with Crippen molar-refractivity contribution in [3.8, 4) is 5.75 Å². The van der Waals surface area contributed by atoms with Crippen molar-refractivity contribution < 1.29 is 9.47 Å². The summed E-state index contributed by atoms with van der Waals surface area (Å²) in [7, 11) is 0. The molecule has 0 radical (unpaired) electrons. The largest absolute Gasteiger partial charge is 0.494 e. The molecule has 2 N–H and O–H groups in total. The molecule has 2 aliphatic heterocycles. The zero-order valence-electron chi connectivity index (χ0n) is 16.2. The molecule has 0 spiro atoms. The van der Waals surface area contributed by atoms with Crippen molar-refractivity contribution in [1.29, 1.82) is 0 Å². The van der Waals surface area contributed by atoms with Gasteiger partial charge in [0.05, 0.1) is 13.2 Å². The Morgan fingerprint density at radius 2 is 2.04 bits per heavy atom. The van der Waals surface area contributed by atoms with Gasteiger partial charge in [0.15, 0.2) is 5.96 Å². The number of ether oxygens (including phenoxy) is 2. The van der Waals surface area contributed by atoms with Crippen LogP contribution in [0.25, 0.3) is 0 Å². The van der Waals surface area contributed by atoms with Gasteiger partial charge >= 0.3 is 0 Å². The maximum absolute atomic E-state index is 6.35. The molecule has 2 aliphatic rings. The van der Waals surface area contributed by atoms with Crippen LogP contribution in [-0.4, -0.2) is 50.3 Å². The molecule has 5 nitrogen and oxygen atoms in total. The lowest BCUT2D eigenvalue weighted by Crippen LogP contribution is -2.45. The maximum Gasteiger partial charge on any atom is 0.191 e. The molecule has 0 saturated carbocycles. The lowest BCUT2D eigenvalue weighted by atomic mass is 9.74. The highest BCUT2D eigenvalue weighted by atomic mass is 16.5. The van der Waals surface area contributed by atoms with E-state index in [4.69, 9.17) is 20.2 Å². The van der Waals surface area contributed by atoms with Crippen molar-refractivity contribution in [2.75, 3.05) is 39.5 Å². The Morgan fingerprint density at radius 3 is 2.69 bits per heavy atom. The first-order valence-corrected chi connectivity index (χ1v) is 9.99. The van der Waals surface area contributed by atoms with E-state index in [1.165, 1.54) is 18.4 Å². The Morgan fingerprint density at radius 1 is 1.31 bits per heavy atom. The Kier molecular flexibility index (Phi) is 6.41. The standard InChI is InChI=1S/C21H33N3O2/c1-3-26-19-8-6-18(7-9-19)21(10-13-25-14-11-21)16-23-20(22)24-12-4-5-17(2)15-24/h6-9,17H,3-5,10-16H2,1-2H3,(H2,22,23). The van der Waals surface area contributed by atoms with Gasteiger partial charge in [-0.05, 0) is 56.2 Å². The molecular formula is C21H33N3O2. The molecule has 5 heteroatoms. The van der Waals surface area contributed by atoms with Crippen LogP contribution in [0.5, 0.6) is 5.75 Å². The Labute approximate surface area is 157 Å². The van der Waals surface area contributed by atoms with Crippen molar-refractivity contribution >= 4 is 5.96 Å². The van der Waals surface area contributed by atoms with Crippen LogP contribution in [0.3, 0.4) is 0 Å². The first-order chi connectivity index (χ1) is 12.6. The minimum absolute atomic E-state index is 0.00895. The average molecular weight is 360 g/mol. The number of benzene rings is 1. The summed E-state index contributed by atoms with van der Waals surface area (Å²) in [4.78, 5) is 7.10. The molecule has 1 aromatic rings. The zero-order valence-corrected chi connectivity index (χ0v) is 16.2. The van der Waals surface area contributed by atoms with E-state index in [0.29, 0.717) is 18.5 Å². The van der Waals surface area contributed by atoms with Gasteiger partial charge in [0.2, 0.25) is 0 Å². The number of aliphatic imine (C=N–C) groups is 1. The van der Waals surface area contributed by atoms with Crippen LogP contribution in [0.4, 0.5) is 0 Å². The number of rotatable bonds is 5. The van der Waals surface area contributed by atoms with Gasteiger partial charge in [-0.25, -0.2) is 0 Å². The van der Waals surface area contributed by atoms with E-state index in [9.17, 15) is 0 Å². The summed E-state index contributed by atoms with van der Waals surface area (Å²) in [6, 6.07) is 8.50. The second kappa shape index (κ2) is 8.76. The van der Waals surface area contributed by atoms with Crippen LogP contribution >= 0.6 is 0 Å². The molecule has 3 rings (SSSR count). The van der Waals surface area contributed by atoms with Crippen LogP contribution in [0.2, 0.25) is 0 Å². The van der Waals surface area contributed by atoms with Crippen molar-refractivity contribution in [3.05, 3.63) is 29.8 Å². The minimum Gasteiger partial charge on any atom is -0.494 e. The summed E-state index contributed by atoms with van der Waals surface area (Å²) in [6.07, 6.45) is 4.45.